The molecule has 1 aliphatic rings. The first kappa shape index (κ1) is 14.7. The molecule has 7 nitrogen and oxygen atoms in total. The molecule has 18 heavy (non-hydrogen) atoms. The topological polar surface area (TPSA) is 93.1 Å². The number of carbonyl (C=O) groups excluding carboxylic acids is 1. The Bertz CT molecular complexity index is 277. The van der Waals surface area contributed by atoms with E-state index in [0.29, 0.717) is 32.6 Å². The van der Waals surface area contributed by atoms with Crippen molar-refractivity contribution in [3.8, 4) is 0 Å². The fraction of sp³-hybridized carbons (Fsp3) is 0.818. The fourth-order valence-electron chi connectivity index (χ4n) is 1.86. The van der Waals surface area contributed by atoms with Gasteiger partial charge in [-0.3, -0.25) is 9.69 Å². The van der Waals surface area contributed by atoms with Crippen LogP contribution in [0.4, 0.5) is 4.79 Å². The van der Waals surface area contributed by atoms with Gasteiger partial charge in [0.1, 0.15) is 0 Å². The second-order valence-corrected chi connectivity index (χ2v) is 4.28. The SMILES string of the molecule is O=C(O)CCCNC(=O)N1CCN(CCO)CC1. The summed E-state index contributed by atoms with van der Waals surface area (Å²) in [5, 5.41) is 20.0. The molecule has 2 amide bonds. The van der Waals surface area contributed by atoms with Crippen molar-refractivity contribution in [1.82, 2.24) is 15.1 Å². The average molecular weight is 259 g/mol. The highest BCUT2D eigenvalue weighted by Crippen LogP contribution is 2.01. The van der Waals surface area contributed by atoms with Gasteiger partial charge in [-0.2, -0.15) is 0 Å². The van der Waals surface area contributed by atoms with Crippen LogP contribution in [0, 0.1) is 0 Å². The standard InChI is InChI=1S/C11H21N3O4/c15-9-8-13-4-6-14(7-5-13)11(18)12-3-1-2-10(16)17/h15H,1-9H2,(H,12,18)(H,16,17). The van der Waals surface area contributed by atoms with Crippen LogP contribution in [0.2, 0.25) is 0 Å². The highest BCUT2D eigenvalue weighted by Gasteiger charge is 2.20. The van der Waals surface area contributed by atoms with Gasteiger partial charge in [0.05, 0.1) is 6.61 Å². The first-order chi connectivity index (χ1) is 8.63. The zero-order valence-electron chi connectivity index (χ0n) is 10.5. The maximum Gasteiger partial charge on any atom is 0.317 e. The summed E-state index contributed by atoms with van der Waals surface area (Å²) in [5.74, 6) is -0.845. The molecule has 0 aromatic carbocycles. The number of amides is 2. The van der Waals surface area contributed by atoms with Gasteiger partial charge in [0.2, 0.25) is 0 Å². The molecule has 104 valence electrons. The minimum Gasteiger partial charge on any atom is -0.481 e. The lowest BCUT2D eigenvalue weighted by atomic mass is 10.3. The third-order valence-corrected chi connectivity index (χ3v) is 2.92. The van der Waals surface area contributed by atoms with Crippen molar-refractivity contribution in [2.24, 2.45) is 0 Å². The molecule has 3 N–H and O–H groups in total. The number of piperazine rings is 1. The Morgan fingerprint density at radius 2 is 1.83 bits per heavy atom. The normalized spacial score (nSPS) is 16.6. The molecule has 0 unspecified atom stereocenters. The minimum absolute atomic E-state index is 0.0740. The Morgan fingerprint density at radius 3 is 2.39 bits per heavy atom. The number of β-amino-alcohol motifs (C(OH)–C–C–N with tert-alkyl or cyclic N) is 1. The molecule has 1 aliphatic heterocycles. The smallest absolute Gasteiger partial charge is 0.317 e. The van der Waals surface area contributed by atoms with Crippen LogP contribution >= 0.6 is 0 Å². The molecular formula is C11H21N3O4. The molecule has 0 atom stereocenters. The summed E-state index contributed by atoms with van der Waals surface area (Å²) in [6.07, 6.45) is 0.524. The number of aliphatic carboxylic acids is 1. The van der Waals surface area contributed by atoms with Gasteiger partial charge in [-0.25, -0.2) is 4.79 Å². The molecule has 0 bridgehead atoms. The second kappa shape index (κ2) is 7.88. The van der Waals surface area contributed by atoms with E-state index in [1.165, 1.54) is 0 Å². The van der Waals surface area contributed by atoms with Crippen molar-refractivity contribution in [3.63, 3.8) is 0 Å². The zero-order valence-corrected chi connectivity index (χ0v) is 10.5. The number of rotatable bonds is 6. The van der Waals surface area contributed by atoms with Crippen LogP contribution in [-0.2, 0) is 4.79 Å². The van der Waals surface area contributed by atoms with E-state index in [1.807, 2.05) is 0 Å². The number of nitrogens with one attached hydrogen (secondary N) is 1. The van der Waals surface area contributed by atoms with Crippen LogP contribution in [0.1, 0.15) is 12.8 Å². The van der Waals surface area contributed by atoms with Gasteiger partial charge in [-0.05, 0) is 6.42 Å². The van der Waals surface area contributed by atoms with E-state index < -0.39 is 5.97 Å². The van der Waals surface area contributed by atoms with Crippen molar-refractivity contribution >= 4 is 12.0 Å². The van der Waals surface area contributed by atoms with Crippen LogP contribution in [-0.4, -0.2) is 77.9 Å². The number of urea groups is 1. The second-order valence-electron chi connectivity index (χ2n) is 4.28. The third kappa shape index (κ3) is 5.33. The van der Waals surface area contributed by atoms with E-state index in [0.717, 1.165) is 13.1 Å². The van der Waals surface area contributed by atoms with Gasteiger partial charge >= 0.3 is 12.0 Å². The van der Waals surface area contributed by atoms with Crippen LogP contribution in [0.25, 0.3) is 0 Å². The Morgan fingerprint density at radius 1 is 1.17 bits per heavy atom. The average Bonchev–Trinajstić information content (AvgIpc) is 2.35. The Labute approximate surface area is 106 Å². The predicted octanol–water partition coefficient (Wildman–Crippen LogP) is -0.829. The van der Waals surface area contributed by atoms with Crippen LogP contribution < -0.4 is 5.32 Å². The highest BCUT2D eigenvalue weighted by molar-refractivity contribution is 5.74. The third-order valence-electron chi connectivity index (χ3n) is 2.92. The molecule has 1 fully saturated rings. The molecule has 1 saturated heterocycles. The van der Waals surface area contributed by atoms with Crippen LogP contribution in [0.3, 0.4) is 0 Å². The number of aliphatic hydroxyl groups excluding tert-OH is 1. The molecule has 1 heterocycles. The van der Waals surface area contributed by atoms with Gasteiger partial charge in [0.15, 0.2) is 0 Å². The summed E-state index contributed by atoms with van der Waals surface area (Å²) in [6, 6.07) is -0.135. The summed E-state index contributed by atoms with van der Waals surface area (Å²) in [4.78, 5) is 25.8. The van der Waals surface area contributed by atoms with Gasteiger partial charge in [-0.15, -0.1) is 0 Å². The fourth-order valence-corrected chi connectivity index (χ4v) is 1.86. The molecule has 0 aromatic rings. The summed E-state index contributed by atoms with van der Waals surface area (Å²) in [7, 11) is 0. The van der Waals surface area contributed by atoms with Crippen molar-refractivity contribution in [1.29, 1.82) is 0 Å². The molecule has 0 aromatic heterocycles. The number of carboxylic acid groups (broad SMARTS) is 1. The summed E-state index contributed by atoms with van der Waals surface area (Å²) >= 11 is 0. The molecule has 7 heteroatoms. The Hall–Kier alpha value is -1.34. The van der Waals surface area contributed by atoms with Gasteiger partial charge in [0, 0.05) is 45.7 Å². The number of hydrogen-bond donors (Lipinski definition) is 3. The van der Waals surface area contributed by atoms with Crippen molar-refractivity contribution in [2.45, 2.75) is 12.8 Å². The number of carbonyl (C=O) groups is 2. The number of nitrogens with zero attached hydrogens (tertiary/aromatic N) is 2. The molecule has 0 radical (unpaired) electrons. The van der Waals surface area contributed by atoms with Crippen molar-refractivity contribution in [2.75, 3.05) is 45.9 Å². The van der Waals surface area contributed by atoms with Gasteiger partial charge in [-0.1, -0.05) is 0 Å². The maximum atomic E-state index is 11.7. The van der Waals surface area contributed by atoms with E-state index in [9.17, 15) is 9.59 Å². The molecule has 0 saturated carbocycles. The maximum absolute atomic E-state index is 11.7. The molecule has 1 rings (SSSR count). The summed E-state index contributed by atoms with van der Waals surface area (Å²) in [5.41, 5.74) is 0. The number of hydrogen-bond acceptors (Lipinski definition) is 4. The van der Waals surface area contributed by atoms with E-state index in [4.69, 9.17) is 10.2 Å². The summed E-state index contributed by atoms with van der Waals surface area (Å²) < 4.78 is 0. The zero-order chi connectivity index (χ0) is 13.4. The number of aliphatic hydroxyl groups is 1. The van der Waals surface area contributed by atoms with E-state index in [-0.39, 0.29) is 19.1 Å². The Kier molecular flexibility index (Phi) is 6.45. The summed E-state index contributed by atoms with van der Waals surface area (Å²) in [6.45, 7) is 4.00. The largest absolute Gasteiger partial charge is 0.481 e. The molecule has 0 spiro atoms. The first-order valence-corrected chi connectivity index (χ1v) is 6.21. The quantitative estimate of drug-likeness (QED) is 0.541. The molecular weight excluding hydrogens is 238 g/mol. The Balaban J connectivity index is 2.14. The monoisotopic (exact) mass is 259 g/mol. The lowest BCUT2D eigenvalue weighted by Gasteiger charge is -2.34. The number of carboxylic acids is 1. The predicted molar refractivity (Wildman–Crippen MR) is 65.4 cm³/mol. The molecule has 0 aliphatic carbocycles. The van der Waals surface area contributed by atoms with Crippen LogP contribution in [0.15, 0.2) is 0 Å². The van der Waals surface area contributed by atoms with E-state index in [1.54, 1.807) is 4.90 Å². The van der Waals surface area contributed by atoms with Gasteiger partial charge in [0.25, 0.3) is 0 Å². The van der Waals surface area contributed by atoms with Crippen molar-refractivity contribution in [3.05, 3.63) is 0 Å². The van der Waals surface area contributed by atoms with E-state index in [2.05, 4.69) is 10.2 Å². The lowest BCUT2D eigenvalue weighted by molar-refractivity contribution is -0.137. The lowest BCUT2D eigenvalue weighted by Crippen LogP contribution is -2.52. The highest BCUT2D eigenvalue weighted by atomic mass is 16.4. The van der Waals surface area contributed by atoms with Crippen molar-refractivity contribution < 1.29 is 19.8 Å². The van der Waals surface area contributed by atoms with Crippen LogP contribution in [0.5, 0.6) is 0 Å². The van der Waals surface area contributed by atoms with E-state index >= 15 is 0 Å². The van der Waals surface area contributed by atoms with Gasteiger partial charge < -0.3 is 20.4 Å². The minimum atomic E-state index is -0.845. The first-order valence-electron chi connectivity index (χ1n) is 6.21.